The lowest BCUT2D eigenvalue weighted by Crippen LogP contribution is -2.37. The smallest absolute Gasteiger partial charge is 0.251 e. The standard InChI is InChI=1S/C21H27N3O/c1-23(2)19-12-8-11-18(15-19)21(25)22-20(16-24-13-6-7-14-24)17-9-4-3-5-10-17/h3-5,8-12,15,20H,6-7,13-14,16H2,1-2H3,(H,22,25). The summed E-state index contributed by atoms with van der Waals surface area (Å²) in [5, 5.41) is 3.24. The summed E-state index contributed by atoms with van der Waals surface area (Å²) in [7, 11) is 3.97. The molecule has 1 aliphatic heterocycles. The van der Waals surface area contributed by atoms with E-state index < -0.39 is 0 Å². The van der Waals surface area contributed by atoms with Crippen LogP contribution in [0.5, 0.6) is 0 Å². The van der Waals surface area contributed by atoms with E-state index >= 15 is 0 Å². The molecule has 0 radical (unpaired) electrons. The summed E-state index contributed by atoms with van der Waals surface area (Å²) in [6.45, 7) is 3.10. The van der Waals surface area contributed by atoms with Crippen LogP contribution in [-0.2, 0) is 0 Å². The van der Waals surface area contributed by atoms with Crippen LogP contribution in [0.4, 0.5) is 5.69 Å². The van der Waals surface area contributed by atoms with E-state index in [-0.39, 0.29) is 11.9 Å². The van der Waals surface area contributed by atoms with E-state index in [0.717, 1.165) is 30.9 Å². The van der Waals surface area contributed by atoms with Crippen LogP contribution in [0.25, 0.3) is 0 Å². The third-order valence-corrected chi connectivity index (χ3v) is 4.77. The van der Waals surface area contributed by atoms with Gasteiger partial charge in [0.2, 0.25) is 0 Å². The number of carbonyl (C=O) groups is 1. The Morgan fingerprint density at radius 2 is 1.80 bits per heavy atom. The zero-order chi connectivity index (χ0) is 17.6. The highest BCUT2D eigenvalue weighted by Crippen LogP contribution is 2.19. The Bertz CT molecular complexity index is 693. The van der Waals surface area contributed by atoms with Gasteiger partial charge in [0.05, 0.1) is 6.04 Å². The Kier molecular flexibility index (Phi) is 5.71. The Morgan fingerprint density at radius 3 is 2.48 bits per heavy atom. The SMILES string of the molecule is CN(C)c1cccc(C(=O)NC(CN2CCCC2)c2ccccc2)c1. The average molecular weight is 337 g/mol. The second-order valence-electron chi connectivity index (χ2n) is 6.89. The molecule has 1 atom stereocenters. The van der Waals surface area contributed by atoms with Gasteiger partial charge in [-0.1, -0.05) is 36.4 Å². The van der Waals surface area contributed by atoms with Crippen molar-refractivity contribution in [2.75, 3.05) is 38.6 Å². The highest BCUT2D eigenvalue weighted by Gasteiger charge is 2.21. The zero-order valence-electron chi connectivity index (χ0n) is 15.1. The fourth-order valence-electron chi connectivity index (χ4n) is 3.31. The van der Waals surface area contributed by atoms with E-state index in [4.69, 9.17) is 0 Å². The predicted octanol–water partition coefficient (Wildman–Crippen LogP) is 3.32. The fraction of sp³-hybridized carbons (Fsp3) is 0.381. The monoisotopic (exact) mass is 337 g/mol. The average Bonchev–Trinajstić information content (AvgIpc) is 3.15. The molecule has 1 unspecified atom stereocenters. The van der Waals surface area contributed by atoms with Crippen LogP contribution in [0.2, 0.25) is 0 Å². The quantitative estimate of drug-likeness (QED) is 0.878. The molecular weight excluding hydrogens is 310 g/mol. The van der Waals surface area contributed by atoms with Crippen molar-refractivity contribution in [3.8, 4) is 0 Å². The van der Waals surface area contributed by atoms with Crippen LogP contribution in [0.1, 0.15) is 34.8 Å². The van der Waals surface area contributed by atoms with Crippen LogP contribution in [0.15, 0.2) is 54.6 Å². The first-order chi connectivity index (χ1) is 12.1. The first-order valence-corrected chi connectivity index (χ1v) is 8.99. The van der Waals surface area contributed by atoms with E-state index in [0.29, 0.717) is 5.56 Å². The molecule has 0 aromatic heterocycles. The molecule has 4 nitrogen and oxygen atoms in total. The van der Waals surface area contributed by atoms with Gasteiger partial charge in [0.1, 0.15) is 0 Å². The van der Waals surface area contributed by atoms with E-state index in [1.165, 1.54) is 12.8 Å². The number of likely N-dealkylation sites (tertiary alicyclic amines) is 1. The lowest BCUT2D eigenvalue weighted by molar-refractivity contribution is 0.0927. The normalized spacial score (nSPS) is 15.8. The van der Waals surface area contributed by atoms with Crippen LogP contribution in [-0.4, -0.2) is 44.5 Å². The Hall–Kier alpha value is -2.33. The van der Waals surface area contributed by atoms with Gasteiger partial charge < -0.3 is 15.1 Å². The first-order valence-electron chi connectivity index (χ1n) is 8.99. The van der Waals surface area contributed by atoms with Gasteiger partial charge in [-0.15, -0.1) is 0 Å². The molecule has 1 heterocycles. The van der Waals surface area contributed by atoms with Gasteiger partial charge in [-0.3, -0.25) is 4.79 Å². The minimum atomic E-state index is -0.0169. The van der Waals surface area contributed by atoms with Gasteiger partial charge in [0.25, 0.3) is 5.91 Å². The van der Waals surface area contributed by atoms with Crippen molar-refractivity contribution in [3.05, 3.63) is 65.7 Å². The summed E-state index contributed by atoms with van der Waals surface area (Å²) in [6, 6.07) is 18.0. The van der Waals surface area contributed by atoms with Crippen molar-refractivity contribution in [3.63, 3.8) is 0 Å². The molecule has 1 aliphatic rings. The molecule has 0 spiro atoms. The topological polar surface area (TPSA) is 35.6 Å². The minimum absolute atomic E-state index is 0.00909. The Labute approximate surface area is 150 Å². The molecule has 1 fully saturated rings. The van der Waals surface area contributed by atoms with Crippen molar-refractivity contribution < 1.29 is 4.79 Å². The number of nitrogens with one attached hydrogen (secondary N) is 1. The molecule has 25 heavy (non-hydrogen) atoms. The van der Waals surface area contributed by atoms with E-state index in [9.17, 15) is 4.79 Å². The van der Waals surface area contributed by atoms with Crippen molar-refractivity contribution in [1.82, 2.24) is 10.2 Å². The van der Waals surface area contributed by atoms with E-state index in [1.807, 2.05) is 61.5 Å². The number of nitrogens with zero attached hydrogens (tertiary/aromatic N) is 2. The van der Waals surface area contributed by atoms with Crippen molar-refractivity contribution in [1.29, 1.82) is 0 Å². The van der Waals surface area contributed by atoms with Crippen LogP contribution in [0.3, 0.4) is 0 Å². The molecule has 1 saturated heterocycles. The zero-order valence-corrected chi connectivity index (χ0v) is 15.1. The Morgan fingerprint density at radius 1 is 1.08 bits per heavy atom. The van der Waals surface area contributed by atoms with Crippen molar-refractivity contribution in [2.45, 2.75) is 18.9 Å². The molecule has 132 valence electrons. The molecular formula is C21H27N3O. The third kappa shape index (κ3) is 4.60. The van der Waals surface area contributed by atoms with Crippen molar-refractivity contribution in [2.24, 2.45) is 0 Å². The lowest BCUT2D eigenvalue weighted by atomic mass is 10.1. The van der Waals surface area contributed by atoms with E-state index in [1.54, 1.807) is 0 Å². The Balaban J connectivity index is 1.77. The summed E-state index contributed by atoms with van der Waals surface area (Å²) in [6.07, 6.45) is 2.50. The number of rotatable bonds is 6. The third-order valence-electron chi connectivity index (χ3n) is 4.77. The number of anilines is 1. The summed E-state index contributed by atoms with van der Waals surface area (Å²) in [5.74, 6) is -0.0169. The van der Waals surface area contributed by atoms with Gasteiger partial charge in [-0.25, -0.2) is 0 Å². The number of hydrogen-bond donors (Lipinski definition) is 1. The van der Waals surface area contributed by atoms with Crippen LogP contribution in [0, 0.1) is 0 Å². The number of carbonyl (C=O) groups excluding carboxylic acids is 1. The number of benzene rings is 2. The van der Waals surface area contributed by atoms with Gasteiger partial charge in [-0.2, -0.15) is 0 Å². The molecule has 2 aromatic carbocycles. The maximum Gasteiger partial charge on any atom is 0.251 e. The molecule has 1 N–H and O–H groups in total. The molecule has 4 heteroatoms. The second kappa shape index (κ2) is 8.17. The first kappa shape index (κ1) is 17.5. The van der Waals surface area contributed by atoms with Crippen LogP contribution < -0.4 is 10.2 Å². The largest absolute Gasteiger partial charge is 0.378 e. The highest BCUT2D eigenvalue weighted by atomic mass is 16.1. The summed E-state index contributed by atoms with van der Waals surface area (Å²) in [5.41, 5.74) is 2.89. The second-order valence-corrected chi connectivity index (χ2v) is 6.89. The van der Waals surface area contributed by atoms with Crippen LogP contribution >= 0.6 is 0 Å². The minimum Gasteiger partial charge on any atom is -0.378 e. The summed E-state index contributed by atoms with van der Waals surface area (Å²) in [4.78, 5) is 17.3. The molecule has 0 saturated carbocycles. The van der Waals surface area contributed by atoms with E-state index in [2.05, 4.69) is 22.3 Å². The van der Waals surface area contributed by atoms with Gasteiger partial charge in [-0.05, 0) is 49.7 Å². The molecule has 2 aromatic rings. The molecule has 3 rings (SSSR count). The summed E-state index contributed by atoms with van der Waals surface area (Å²) < 4.78 is 0. The molecule has 0 bridgehead atoms. The highest BCUT2D eigenvalue weighted by molar-refractivity contribution is 5.95. The number of amides is 1. The molecule has 0 aliphatic carbocycles. The maximum absolute atomic E-state index is 12.8. The maximum atomic E-state index is 12.8. The van der Waals surface area contributed by atoms with Crippen molar-refractivity contribution >= 4 is 11.6 Å². The fourth-order valence-corrected chi connectivity index (χ4v) is 3.31. The lowest BCUT2D eigenvalue weighted by Gasteiger charge is -2.25. The van der Waals surface area contributed by atoms with Gasteiger partial charge in [0, 0.05) is 31.9 Å². The predicted molar refractivity (Wildman–Crippen MR) is 103 cm³/mol. The van der Waals surface area contributed by atoms with Gasteiger partial charge >= 0.3 is 0 Å². The number of hydrogen-bond acceptors (Lipinski definition) is 3. The molecule has 1 amide bonds. The summed E-state index contributed by atoms with van der Waals surface area (Å²) >= 11 is 0. The van der Waals surface area contributed by atoms with Gasteiger partial charge in [0.15, 0.2) is 0 Å².